The van der Waals surface area contributed by atoms with Gasteiger partial charge in [0.05, 0.1) is 30.3 Å². The van der Waals surface area contributed by atoms with Crippen molar-refractivity contribution in [3.63, 3.8) is 0 Å². The maximum Gasteiger partial charge on any atom is 0.164 e. The first kappa shape index (κ1) is 13.5. The summed E-state index contributed by atoms with van der Waals surface area (Å²) in [4.78, 5) is 15.1. The number of fused-ring (bicyclic) bond motifs is 2. The second-order valence-corrected chi connectivity index (χ2v) is 5.85. The molecule has 0 unspecified atom stereocenters. The summed E-state index contributed by atoms with van der Waals surface area (Å²) in [5.41, 5.74) is 2.81. The first-order valence-electron chi connectivity index (χ1n) is 8.00. The number of nitrogens with one attached hydrogen (secondary N) is 2. The van der Waals surface area contributed by atoms with Crippen LogP contribution < -0.4 is 4.90 Å². The van der Waals surface area contributed by atoms with Crippen LogP contribution in [-0.2, 0) is 4.74 Å². The molecule has 0 saturated carbocycles. The fraction of sp³-hybridized carbons (Fsp3) is 0.235. The average molecular weight is 320 g/mol. The molecule has 0 bridgehead atoms. The fourth-order valence-corrected chi connectivity index (χ4v) is 3.22. The largest absolute Gasteiger partial charge is 0.378 e. The van der Waals surface area contributed by atoms with Gasteiger partial charge in [-0.3, -0.25) is 5.10 Å². The number of morpholine rings is 1. The second kappa shape index (κ2) is 5.31. The first-order valence-corrected chi connectivity index (χ1v) is 8.00. The summed E-state index contributed by atoms with van der Waals surface area (Å²) >= 11 is 0. The predicted octanol–water partition coefficient (Wildman–Crippen LogP) is 2.34. The third kappa shape index (κ3) is 2.05. The Hall–Kier alpha value is -2.93. The van der Waals surface area contributed by atoms with Crippen molar-refractivity contribution in [1.29, 1.82) is 0 Å². The molecule has 0 amide bonds. The molecule has 7 heteroatoms. The highest BCUT2D eigenvalue weighted by atomic mass is 16.5. The van der Waals surface area contributed by atoms with Gasteiger partial charge in [0.15, 0.2) is 5.82 Å². The molecular formula is C17H16N6O. The van der Waals surface area contributed by atoms with Gasteiger partial charge in [-0.2, -0.15) is 5.10 Å². The van der Waals surface area contributed by atoms with Crippen molar-refractivity contribution in [1.82, 2.24) is 25.1 Å². The molecule has 7 nitrogen and oxygen atoms in total. The van der Waals surface area contributed by atoms with Gasteiger partial charge in [-0.25, -0.2) is 9.97 Å². The molecule has 1 aliphatic heterocycles. The van der Waals surface area contributed by atoms with Crippen LogP contribution in [0.3, 0.4) is 0 Å². The first-order chi connectivity index (χ1) is 11.9. The highest BCUT2D eigenvalue weighted by molar-refractivity contribution is 5.95. The molecule has 4 aromatic rings. The number of nitrogens with zero attached hydrogens (tertiary/aromatic N) is 4. The lowest BCUT2D eigenvalue weighted by Crippen LogP contribution is -2.37. The zero-order valence-corrected chi connectivity index (χ0v) is 13.0. The molecule has 120 valence electrons. The van der Waals surface area contributed by atoms with Crippen LogP contribution in [0.15, 0.2) is 36.7 Å². The maximum absolute atomic E-state index is 5.47. The Balaban J connectivity index is 1.73. The van der Waals surface area contributed by atoms with Gasteiger partial charge in [-0.1, -0.05) is 12.1 Å². The number of hydrogen-bond donors (Lipinski definition) is 2. The number of aromatic amines is 2. The average Bonchev–Trinajstić information content (AvgIpc) is 3.30. The highest BCUT2D eigenvalue weighted by Gasteiger charge is 2.19. The van der Waals surface area contributed by atoms with Gasteiger partial charge in [0.25, 0.3) is 0 Å². The Morgan fingerprint density at radius 2 is 1.96 bits per heavy atom. The zero-order valence-electron chi connectivity index (χ0n) is 13.0. The van der Waals surface area contributed by atoms with Crippen molar-refractivity contribution in [2.24, 2.45) is 0 Å². The van der Waals surface area contributed by atoms with E-state index < -0.39 is 0 Å². The van der Waals surface area contributed by atoms with Crippen LogP contribution in [0.1, 0.15) is 0 Å². The van der Waals surface area contributed by atoms with E-state index in [9.17, 15) is 0 Å². The Morgan fingerprint density at radius 3 is 2.88 bits per heavy atom. The molecule has 0 spiro atoms. The number of rotatable bonds is 2. The maximum atomic E-state index is 5.47. The van der Waals surface area contributed by atoms with E-state index in [2.05, 4.69) is 20.1 Å². The summed E-state index contributed by atoms with van der Waals surface area (Å²) in [6.45, 7) is 3.13. The standard InChI is InChI=1S/C17H16N6O/c1-2-11(13-10-19-22-14(13)3-1)16-20-15-12(4-5-18-15)17(21-16)23-6-8-24-9-7-23/h1-5,10H,6-9H2,(H,19,22)(H,18,20,21). The van der Waals surface area contributed by atoms with Gasteiger partial charge in [0.1, 0.15) is 11.5 Å². The molecule has 1 aromatic carbocycles. The lowest BCUT2D eigenvalue weighted by Gasteiger charge is -2.28. The molecule has 1 saturated heterocycles. The van der Waals surface area contributed by atoms with Crippen molar-refractivity contribution < 1.29 is 4.74 Å². The van der Waals surface area contributed by atoms with E-state index in [-0.39, 0.29) is 0 Å². The van der Waals surface area contributed by atoms with Crippen LogP contribution in [-0.4, -0.2) is 51.5 Å². The minimum atomic E-state index is 0.707. The van der Waals surface area contributed by atoms with Crippen molar-refractivity contribution in [2.75, 3.05) is 31.2 Å². The summed E-state index contributed by atoms with van der Waals surface area (Å²) in [5, 5.41) is 9.20. The van der Waals surface area contributed by atoms with Crippen molar-refractivity contribution in [3.05, 3.63) is 36.7 Å². The molecule has 5 rings (SSSR count). The van der Waals surface area contributed by atoms with Crippen molar-refractivity contribution in [2.45, 2.75) is 0 Å². The number of aromatic nitrogens is 5. The van der Waals surface area contributed by atoms with E-state index in [1.165, 1.54) is 0 Å². The van der Waals surface area contributed by atoms with E-state index in [4.69, 9.17) is 14.7 Å². The predicted molar refractivity (Wildman–Crippen MR) is 92.0 cm³/mol. The molecule has 4 heterocycles. The highest BCUT2D eigenvalue weighted by Crippen LogP contribution is 2.30. The van der Waals surface area contributed by atoms with Crippen molar-refractivity contribution in [3.8, 4) is 11.4 Å². The number of anilines is 1. The van der Waals surface area contributed by atoms with E-state index >= 15 is 0 Å². The van der Waals surface area contributed by atoms with Gasteiger partial charge in [0, 0.05) is 30.2 Å². The van der Waals surface area contributed by atoms with Gasteiger partial charge < -0.3 is 14.6 Å². The van der Waals surface area contributed by atoms with Crippen LogP contribution in [0.4, 0.5) is 5.82 Å². The number of benzene rings is 1. The van der Waals surface area contributed by atoms with E-state index in [1.807, 2.05) is 36.7 Å². The van der Waals surface area contributed by atoms with Crippen LogP contribution in [0.5, 0.6) is 0 Å². The summed E-state index contributed by atoms with van der Waals surface area (Å²) in [6, 6.07) is 8.06. The van der Waals surface area contributed by atoms with Gasteiger partial charge in [0.2, 0.25) is 0 Å². The molecule has 1 aliphatic rings. The molecular weight excluding hydrogens is 304 g/mol. The lowest BCUT2D eigenvalue weighted by atomic mass is 10.1. The van der Waals surface area contributed by atoms with E-state index in [1.54, 1.807) is 0 Å². The Kier molecular flexibility index (Phi) is 2.99. The normalized spacial score (nSPS) is 15.4. The number of ether oxygens (including phenoxy) is 1. The third-order valence-electron chi connectivity index (χ3n) is 4.43. The number of hydrogen-bond acceptors (Lipinski definition) is 5. The summed E-state index contributed by atoms with van der Waals surface area (Å²) < 4.78 is 5.47. The second-order valence-electron chi connectivity index (χ2n) is 5.85. The lowest BCUT2D eigenvalue weighted by molar-refractivity contribution is 0.122. The Labute approximate surface area is 137 Å². The quantitative estimate of drug-likeness (QED) is 0.592. The molecule has 1 fully saturated rings. The third-order valence-corrected chi connectivity index (χ3v) is 4.43. The Bertz CT molecular complexity index is 1010. The van der Waals surface area contributed by atoms with E-state index in [0.717, 1.165) is 59.6 Å². The minimum Gasteiger partial charge on any atom is -0.378 e. The molecule has 0 atom stereocenters. The minimum absolute atomic E-state index is 0.707. The monoisotopic (exact) mass is 320 g/mol. The van der Waals surface area contributed by atoms with Gasteiger partial charge in [-0.15, -0.1) is 0 Å². The topological polar surface area (TPSA) is 82.7 Å². The molecule has 0 radical (unpaired) electrons. The summed E-state index contributed by atoms with van der Waals surface area (Å²) in [5.74, 6) is 1.67. The van der Waals surface area contributed by atoms with Crippen molar-refractivity contribution >= 4 is 27.8 Å². The van der Waals surface area contributed by atoms with E-state index in [0.29, 0.717) is 5.82 Å². The zero-order chi connectivity index (χ0) is 15.9. The number of H-pyrrole nitrogens is 2. The summed E-state index contributed by atoms with van der Waals surface area (Å²) in [7, 11) is 0. The molecule has 0 aliphatic carbocycles. The van der Waals surface area contributed by atoms with Crippen LogP contribution in [0, 0.1) is 0 Å². The smallest absolute Gasteiger partial charge is 0.164 e. The molecule has 24 heavy (non-hydrogen) atoms. The van der Waals surface area contributed by atoms with Crippen LogP contribution in [0.25, 0.3) is 33.3 Å². The molecule has 3 aromatic heterocycles. The Morgan fingerprint density at radius 1 is 1.04 bits per heavy atom. The summed E-state index contributed by atoms with van der Waals surface area (Å²) in [6.07, 6.45) is 3.73. The fourth-order valence-electron chi connectivity index (χ4n) is 3.22. The van der Waals surface area contributed by atoms with Crippen LogP contribution >= 0.6 is 0 Å². The molecule has 2 N–H and O–H groups in total. The SMILES string of the molecule is c1cc(-c2nc(N3CCOCC3)c3cc[nH]c3n2)c2cn[nH]c2c1. The van der Waals surface area contributed by atoms with Gasteiger partial charge >= 0.3 is 0 Å². The van der Waals surface area contributed by atoms with Gasteiger partial charge in [-0.05, 0) is 12.1 Å². The van der Waals surface area contributed by atoms with Crippen LogP contribution in [0.2, 0.25) is 0 Å².